The SMILES string of the molecule is O=C1NCCN(CCc2ccccc2)[C@@H]1CC(=O)N1CCCCO1. The van der Waals surface area contributed by atoms with Gasteiger partial charge >= 0.3 is 0 Å². The molecule has 2 aliphatic heterocycles. The predicted octanol–water partition coefficient (Wildman–Crippen LogP) is 0.974. The van der Waals surface area contributed by atoms with Gasteiger partial charge < -0.3 is 5.32 Å². The number of hydrogen-bond acceptors (Lipinski definition) is 4. The Morgan fingerprint density at radius 2 is 2.04 bits per heavy atom. The van der Waals surface area contributed by atoms with Crippen molar-refractivity contribution in [1.29, 1.82) is 0 Å². The van der Waals surface area contributed by atoms with Gasteiger partial charge in [-0.05, 0) is 24.8 Å². The fraction of sp³-hybridized carbons (Fsp3) is 0.556. The average Bonchev–Trinajstić information content (AvgIpc) is 2.63. The number of nitrogens with one attached hydrogen (secondary N) is 1. The lowest BCUT2D eigenvalue weighted by atomic mass is 10.1. The van der Waals surface area contributed by atoms with Crippen LogP contribution in [0.25, 0.3) is 0 Å². The van der Waals surface area contributed by atoms with Gasteiger partial charge in [-0.15, -0.1) is 0 Å². The van der Waals surface area contributed by atoms with Crippen LogP contribution in [0.2, 0.25) is 0 Å². The Labute approximate surface area is 142 Å². The molecule has 130 valence electrons. The molecule has 1 N–H and O–H groups in total. The number of carbonyl (C=O) groups is 2. The van der Waals surface area contributed by atoms with Crippen LogP contribution in [0.1, 0.15) is 24.8 Å². The van der Waals surface area contributed by atoms with Gasteiger partial charge in [-0.3, -0.25) is 19.3 Å². The summed E-state index contributed by atoms with van der Waals surface area (Å²) in [4.78, 5) is 32.2. The van der Waals surface area contributed by atoms with E-state index in [0.717, 1.165) is 32.4 Å². The van der Waals surface area contributed by atoms with Crippen molar-refractivity contribution in [1.82, 2.24) is 15.3 Å². The zero-order chi connectivity index (χ0) is 16.8. The van der Waals surface area contributed by atoms with E-state index in [4.69, 9.17) is 4.84 Å². The number of rotatable bonds is 5. The van der Waals surface area contributed by atoms with Crippen LogP contribution in [0.15, 0.2) is 30.3 Å². The molecule has 0 aliphatic carbocycles. The lowest BCUT2D eigenvalue weighted by molar-refractivity contribution is -0.198. The zero-order valence-corrected chi connectivity index (χ0v) is 13.9. The first kappa shape index (κ1) is 16.9. The molecule has 0 bridgehead atoms. The fourth-order valence-corrected chi connectivity index (χ4v) is 3.23. The molecule has 1 aromatic carbocycles. The summed E-state index contributed by atoms with van der Waals surface area (Å²) >= 11 is 0. The molecule has 0 radical (unpaired) electrons. The van der Waals surface area contributed by atoms with Crippen molar-refractivity contribution < 1.29 is 14.4 Å². The molecule has 2 fully saturated rings. The fourth-order valence-electron chi connectivity index (χ4n) is 3.23. The highest BCUT2D eigenvalue weighted by Crippen LogP contribution is 2.15. The normalized spacial score (nSPS) is 22.2. The Hall–Kier alpha value is -1.92. The molecule has 6 nitrogen and oxygen atoms in total. The molecule has 1 atom stereocenters. The van der Waals surface area contributed by atoms with Crippen molar-refractivity contribution in [2.75, 3.05) is 32.8 Å². The molecule has 2 heterocycles. The Kier molecular flexibility index (Phi) is 5.82. The smallest absolute Gasteiger partial charge is 0.248 e. The molecular formula is C18H25N3O3. The minimum absolute atomic E-state index is 0.0559. The third-order valence-electron chi connectivity index (χ3n) is 4.62. The maximum absolute atomic E-state index is 12.4. The van der Waals surface area contributed by atoms with Crippen LogP contribution >= 0.6 is 0 Å². The van der Waals surface area contributed by atoms with E-state index in [-0.39, 0.29) is 18.2 Å². The largest absolute Gasteiger partial charge is 0.353 e. The van der Waals surface area contributed by atoms with Crippen molar-refractivity contribution in [3.63, 3.8) is 0 Å². The minimum atomic E-state index is -0.402. The molecule has 2 amide bonds. The number of benzene rings is 1. The molecule has 6 heteroatoms. The monoisotopic (exact) mass is 331 g/mol. The van der Waals surface area contributed by atoms with Gasteiger partial charge in [0, 0.05) is 26.2 Å². The summed E-state index contributed by atoms with van der Waals surface area (Å²) in [6, 6.07) is 9.82. The van der Waals surface area contributed by atoms with Crippen molar-refractivity contribution >= 4 is 11.8 Å². The van der Waals surface area contributed by atoms with E-state index in [9.17, 15) is 9.59 Å². The first-order valence-electron chi connectivity index (χ1n) is 8.73. The predicted molar refractivity (Wildman–Crippen MR) is 90.0 cm³/mol. The maximum Gasteiger partial charge on any atom is 0.248 e. The van der Waals surface area contributed by atoms with Crippen LogP contribution in [0.5, 0.6) is 0 Å². The van der Waals surface area contributed by atoms with E-state index >= 15 is 0 Å². The number of nitrogens with zero attached hydrogens (tertiary/aromatic N) is 2. The molecule has 0 aromatic heterocycles. The number of hydrogen-bond donors (Lipinski definition) is 1. The lowest BCUT2D eigenvalue weighted by Crippen LogP contribution is -2.57. The highest BCUT2D eigenvalue weighted by atomic mass is 16.7. The average molecular weight is 331 g/mol. The molecule has 2 saturated heterocycles. The van der Waals surface area contributed by atoms with Crippen LogP contribution in [0.4, 0.5) is 0 Å². The van der Waals surface area contributed by atoms with Crippen molar-refractivity contribution in [2.24, 2.45) is 0 Å². The number of piperazine rings is 1. The highest BCUT2D eigenvalue weighted by molar-refractivity contribution is 5.88. The topological polar surface area (TPSA) is 61.9 Å². The van der Waals surface area contributed by atoms with Gasteiger partial charge in [-0.1, -0.05) is 30.3 Å². The van der Waals surface area contributed by atoms with E-state index in [1.54, 1.807) is 0 Å². The maximum atomic E-state index is 12.4. The van der Waals surface area contributed by atoms with Gasteiger partial charge in [-0.2, -0.15) is 0 Å². The van der Waals surface area contributed by atoms with Crippen LogP contribution in [-0.2, 0) is 20.8 Å². The van der Waals surface area contributed by atoms with Gasteiger partial charge in [0.05, 0.1) is 19.1 Å². The third-order valence-corrected chi connectivity index (χ3v) is 4.62. The van der Waals surface area contributed by atoms with Gasteiger partial charge in [0.1, 0.15) is 0 Å². The van der Waals surface area contributed by atoms with Crippen molar-refractivity contribution in [2.45, 2.75) is 31.7 Å². The second-order valence-corrected chi connectivity index (χ2v) is 6.32. The Bertz CT molecular complexity index is 558. The first-order valence-corrected chi connectivity index (χ1v) is 8.73. The summed E-state index contributed by atoms with van der Waals surface area (Å²) in [5.74, 6) is -0.152. The molecule has 0 saturated carbocycles. The van der Waals surface area contributed by atoms with Gasteiger partial charge in [0.25, 0.3) is 0 Å². The summed E-state index contributed by atoms with van der Waals surface area (Å²) in [5, 5.41) is 4.31. The minimum Gasteiger partial charge on any atom is -0.353 e. The van der Waals surface area contributed by atoms with Gasteiger partial charge in [-0.25, -0.2) is 5.06 Å². The van der Waals surface area contributed by atoms with E-state index in [1.807, 2.05) is 18.2 Å². The Balaban J connectivity index is 1.59. The Morgan fingerprint density at radius 1 is 1.21 bits per heavy atom. The Morgan fingerprint density at radius 3 is 2.79 bits per heavy atom. The third kappa shape index (κ3) is 4.33. The highest BCUT2D eigenvalue weighted by Gasteiger charge is 2.33. The van der Waals surface area contributed by atoms with Crippen molar-refractivity contribution in [3.05, 3.63) is 35.9 Å². The van der Waals surface area contributed by atoms with Crippen LogP contribution in [-0.4, -0.2) is 60.6 Å². The van der Waals surface area contributed by atoms with E-state index < -0.39 is 6.04 Å². The molecule has 3 rings (SSSR count). The second kappa shape index (κ2) is 8.26. The lowest BCUT2D eigenvalue weighted by Gasteiger charge is -2.36. The quantitative estimate of drug-likeness (QED) is 0.873. The number of carbonyl (C=O) groups excluding carboxylic acids is 2. The van der Waals surface area contributed by atoms with Crippen LogP contribution in [0, 0.1) is 0 Å². The molecule has 2 aliphatic rings. The molecule has 24 heavy (non-hydrogen) atoms. The second-order valence-electron chi connectivity index (χ2n) is 6.32. The van der Waals surface area contributed by atoms with Gasteiger partial charge in [0.15, 0.2) is 0 Å². The van der Waals surface area contributed by atoms with Gasteiger partial charge in [0.2, 0.25) is 11.8 Å². The van der Waals surface area contributed by atoms with E-state index in [2.05, 4.69) is 22.3 Å². The van der Waals surface area contributed by atoms with Crippen LogP contribution < -0.4 is 5.32 Å². The van der Waals surface area contributed by atoms with E-state index in [0.29, 0.717) is 19.7 Å². The standard InChI is InChI=1S/C18H25N3O3/c22-17(21-10-4-5-13-24-21)14-16-18(23)19-9-12-20(16)11-8-15-6-2-1-3-7-15/h1-3,6-7,16H,4-5,8-14H2,(H,19,23)/t16-/m1/s1. The molecule has 1 aromatic rings. The number of hydroxylamine groups is 2. The first-order chi connectivity index (χ1) is 11.7. The number of amides is 2. The molecule has 0 spiro atoms. The molecule has 0 unspecified atom stereocenters. The summed E-state index contributed by atoms with van der Waals surface area (Å²) in [7, 11) is 0. The van der Waals surface area contributed by atoms with E-state index in [1.165, 1.54) is 10.6 Å². The summed E-state index contributed by atoms with van der Waals surface area (Å²) in [6.45, 7) is 3.39. The zero-order valence-electron chi connectivity index (χ0n) is 13.9. The van der Waals surface area contributed by atoms with Crippen molar-refractivity contribution in [3.8, 4) is 0 Å². The summed E-state index contributed by atoms with van der Waals surface area (Å²) < 4.78 is 0. The van der Waals surface area contributed by atoms with Crippen LogP contribution in [0.3, 0.4) is 0 Å². The summed E-state index contributed by atoms with van der Waals surface area (Å²) in [6.07, 6.45) is 3.00. The summed E-state index contributed by atoms with van der Waals surface area (Å²) in [5.41, 5.74) is 1.24. The molecular weight excluding hydrogens is 306 g/mol.